The Kier molecular flexibility index (Phi) is 10.1. The Bertz CT molecular complexity index is 765. The van der Waals surface area contributed by atoms with Crippen molar-refractivity contribution in [1.29, 1.82) is 0 Å². The standard InChI is InChI=1S/C23H36N6.HI/c1-5-24-23(25-17-22(27(2)3)21-16-26-28(4)18-21)29-13-11-20(12-14-29)15-19-9-7-6-8-10-19;/h6-10,16,18,20,22H,5,11-15,17H2,1-4H3,(H,24,25);1H. The first kappa shape index (κ1) is 24.7. The van der Waals surface area contributed by atoms with Crippen LogP contribution in [0.3, 0.4) is 0 Å². The number of rotatable bonds is 7. The summed E-state index contributed by atoms with van der Waals surface area (Å²) in [5.41, 5.74) is 2.66. The monoisotopic (exact) mass is 524 g/mol. The number of aromatic nitrogens is 2. The number of halogens is 1. The van der Waals surface area contributed by atoms with E-state index in [0.29, 0.717) is 0 Å². The number of benzene rings is 1. The summed E-state index contributed by atoms with van der Waals surface area (Å²) in [6, 6.07) is 11.1. The predicted molar refractivity (Wildman–Crippen MR) is 135 cm³/mol. The van der Waals surface area contributed by atoms with Crippen molar-refractivity contribution in [1.82, 2.24) is 24.9 Å². The lowest BCUT2D eigenvalue weighted by molar-refractivity contribution is 0.257. The number of aryl methyl sites for hydroxylation is 1. The Morgan fingerprint density at radius 2 is 1.93 bits per heavy atom. The molecule has 0 radical (unpaired) electrons. The number of piperidine rings is 1. The number of likely N-dealkylation sites (tertiary alicyclic amines) is 1. The quantitative estimate of drug-likeness (QED) is 0.342. The molecular weight excluding hydrogens is 487 g/mol. The van der Waals surface area contributed by atoms with Crippen LogP contribution in [-0.4, -0.2) is 65.8 Å². The summed E-state index contributed by atoms with van der Waals surface area (Å²) in [6.45, 7) is 5.90. The largest absolute Gasteiger partial charge is 0.357 e. The number of guanidine groups is 1. The van der Waals surface area contributed by atoms with E-state index in [-0.39, 0.29) is 30.0 Å². The van der Waals surface area contributed by atoms with E-state index in [9.17, 15) is 0 Å². The molecule has 1 aromatic heterocycles. The molecule has 2 aromatic rings. The third-order valence-corrected chi connectivity index (χ3v) is 5.76. The van der Waals surface area contributed by atoms with Crippen molar-refractivity contribution >= 4 is 29.9 Å². The number of hydrogen-bond donors (Lipinski definition) is 1. The van der Waals surface area contributed by atoms with E-state index in [4.69, 9.17) is 4.99 Å². The molecule has 0 bridgehead atoms. The van der Waals surface area contributed by atoms with Crippen molar-refractivity contribution in [2.24, 2.45) is 18.0 Å². The van der Waals surface area contributed by atoms with Crippen LogP contribution in [0.2, 0.25) is 0 Å². The molecule has 0 spiro atoms. The van der Waals surface area contributed by atoms with Gasteiger partial charge in [0, 0.05) is 38.4 Å². The van der Waals surface area contributed by atoms with E-state index >= 15 is 0 Å². The number of hydrogen-bond acceptors (Lipinski definition) is 3. The fraction of sp³-hybridized carbons (Fsp3) is 0.565. The summed E-state index contributed by atoms with van der Waals surface area (Å²) in [5.74, 6) is 1.81. The molecule has 1 unspecified atom stereocenters. The number of nitrogens with zero attached hydrogens (tertiary/aromatic N) is 5. The van der Waals surface area contributed by atoms with E-state index in [1.165, 1.54) is 30.4 Å². The van der Waals surface area contributed by atoms with Gasteiger partial charge in [0.2, 0.25) is 0 Å². The number of nitrogens with one attached hydrogen (secondary N) is 1. The lowest BCUT2D eigenvalue weighted by Crippen LogP contribution is -2.46. The van der Waals surface area contributed by atoms with Gasteiger partial charge in [-0.2, -0.15) is 5.10 Å². The number of likely N-dealkylation sites (N-methyl/N-ethyl adjacent to an activating group) is 1. The second-order valence-electron chi connectivity index (χ2n) is 8.24. The molecule has 1 atom stereocenters. The van der Waals surface area contributed by atoms with Gasteiger partial charge in [0.25, 0.3) is 0 Å². The third-order valence-electron chi connectivity index (χ3n) is 5.76. The van der Waals surface area contributed by atoms with Crippen LogP contribution in [0.4, 0.5) is 0 Å². The highest BCUT2D eigenvalue weighted by molar-refractivity contribution is 14.0. The molecule has 7 heteroatoms. The van der Waals surface area contributed by atoms with Crippen LogP contribution < -0.4 is 5.32 Å². The molecule has 2 heterocycles. The molecule has 166 valence electrons. The van der Waals surface area contributed by atoms with Crippen molar-refractivity contribution in [3.8, 4) is 0 Å². The van der Waals surface area contributed by atoms with Crippen LogP contribution >= 0.6 is 24.0 Å². The zero-order valence-corrected chi connectivity index (χ0v) is 21.1. The van der Waals surface area contributed by atoms with Crippen LogP contribution in [0.1, 0.15) is 36.9 Å². The van der Waals surface area contributed by atoms with Gasteiger partial charge < -0.3 is 15.1 Å². The highest BCUT2D eigenvalue weighted by Gasteiger charge is 2.22. The maximum atomic E-state index is 5.01. The fourth-order valence-electron chi connectivity index (χ4n) is 4.07. The minimum atomic E-state index is 0. The Hall–Kier alpha value is -1.61. The Morgan fingerprint density at radius 3 is 2.50 bits per heavy atom. The van der Waals surface area contributed by atoms with Gasteiger partial charge >= 0.3 is 0 Å². The zero-order chi connectivity index (χ0) is 20.6. The van der Waals surface area contributed by atoms with Crippen LogP contribution in [0, 0.1) is 5.92 Å². The molecule has 1 aromatic carbocycles. The minimum absolute atomic E-state index is 0. The maximum Gasteiger partial charge on any atom is 0.193 e. The minimum Gasteiger partial charge on any atom is -0.357 e. The van der Waals surface area contributed by atoms with E-state index in [1.807, 2.05) is 17.9 Å². The van der Waals surface area contributed by atoms with E-state index in [1.54, 1.807) is 0 Å². The van der Waals surface area contributed by atoms with Gasteiger partial charge in [0.05, 0.1) is 18.8 Å². The molecule has 1 fully saturated rings. The SMILES string of the molecule is CCNC(=NCC(c1cnn(C)c1)N(C)C)N1CCC(Cc2ccccc2)CC1.I. The van der Waals surface area contributed by atoms with Gasteiger partial charge in [-0.15, -0.1) is 24.0 Å². The highest BCUT2D eigenvalue weighted by atomic mass is 127. The summed E-state index contributed by atoms with van der Waals surface area (Å²) in [6.07, 6.45) is 7.66. The molecule has 3 rings (SSSR count). The first-order valence-corrected chi connectivity index (χ1v) is 10.8. The van der Waals surface area contributed by atoms with Crippen molar-refractivity contribution in [2.75, 3.05) is 40.3 Å². The van der Waals surface area contributed by atoms with Crippen molar-refractivity contribution < 1.29 is 0 Å². The van der Waals surface area contributed by atoms with E-state index in [2.05, 4.69) is 77.8 Å². The summed E-state index contributed by atoms with van der Waals surface area (Å²) < 4.78 is 1.86. The molecule has 6 nitrogen and oxygen atoms in total. The van der Waals surface area contributed by atoms with Gasteiger partial charge in [-0.3, -0.25) is 9.67 Å². The third kappa shape index (κ3) is 6.97. The van der Waals surface area contributed by atoms with Gasteiger partial charge in [-0.05, 0) is 51.8 Å². The lowest BCUT2D eigenvalue weighted by Gasteiger charge is -2.34. The highest BCUT2D eigenvalue weighted by Crippen LogP contribution is 2.22. The zero-order valence-electron chi connectivity index (χ0n) is 18.8. The Morgan fingerprint density at radius 1 is 1.23 bits per heavy atom. The normalized spacial score (nSPS) is 16.4. The number of aliphatic imine (C=N–C) groups is 1. The lowest BCUT2D eigenvalue weighted by atomic mass is 9.90. The first-order chi connectivity index (χ1) is 14.1. The fourth-order valence-corrected chi connectivity index (χ4v) is 4.07. The molecular formula is C23H37IN6. The molecule has 30 heavy (non-hydrogen) atoms. The maximum absolute atomic E-state index is 5.01. The molecule has 0 amide bonds. The summed E-state index contributed by atoms with van der Waals surface area (Å²) in [4.78, 5) is 9.66. The molecule has 1 aliphatic heterocycles. The Balaban J connectivity index is 0.00000320. The summed E-state index contributed by atoms with van der Waals surface area (Å²) in [5, 5.41) is 7.84. The van der Waals surface area contributed by atoms with Gasteiger partial charge in [0.1, 0.15) is 0 Å². The smallest absolute Gasteiger partial charge is 0.193 e. The van der Waals surface area contributed by atoms with E-state index in [0.717, 1.165) is 38.1 Å². The van der Waals surface area contributed by atoms with Crippen molar-refractivity contribution in [2.45, 2.75) is 32.2 Å². The average molecular weight is 524 g/mol. The van der Waals surface area contributed by atoms with Gasteiger partial charge in [0.15, 0.2) is 5.96 Å². The second-order valence-corrected chi connectivity index (χ2v) is 8.24. The average Bonchev–Trinajstić information content (AvgIpc) is 3.14. The van der Waals surface area contributed by atoms with Crippen molar-refractivity contribution in [3.05, 3.63) is 53.9 Å². The molecule has 1 aliphatic rings. The molecule has 0 saturated carbocycles. The molecule has 0 aliphatic carbocycles. The molecule has 1 saturated heterocycles. The van der Waals surface area contributed by atoms with Crippen LogP contribution in [0.15, 0.2) is 47.7 Å². The van der Waals surface area contributed by atoms with Gasteiger partial charge in [-0.25, -0.2) is 0 Å². The first-order valence-electron chi connectivity index (χ1n) is 10.8. The van der Waals surface area contributed by atoms with Crippen LogP contribution in [0.25, 0.3) is 0 Å². The Labute approximate surface area is 198 Å². The molecule has 1 N–H and O–H groups in total. The van der Waals surface area contributed by atoms with Crippen molar-refractivity contribution in [3.63, 3.8) is 0 Å². The summed E-state index contributed by atoms with van der Waals surface area (Å²) in [7, 11) is 6.17. The van der Waals surface area contributed by atoms with Crippen LogP contribution in [-0.2, 0) is 13.5 Å². The topological polar surface area (TPSA) is 48.7 Å². The summed E-state index contributed by atoms with van der Waals surface area (Å²) >= 11 is 0. The van der Waals surface area contributed by atoms with Gasteiger partial charge in [-0.1, -0.05) is 30.3 Å². The van der Waals surface area contributed by atoms with E-state index < -0.39 is 0 Å². The predicted octanol–water partition coefficient (Wildman–Crippen LogP) is 3.56. The van der Waals surface area contributed by atoms with Crippen LogP contribution in [0.5, 0.6) is 0 Å². The second kappa shape index (κ2) is 12.3.